The summed E-state index contributed by atoms with van der Waals surface area (Å²) in [5.41, 5.74) is 2.09. The highest BCUT2D eigenvalue weighted by Crippen LogP contribution is 2.39. The fourth-order valence-corrected chi connectivity index (χ4v) is 2.56. The Bertz CT molecular complexity index is 598. The van der Waals surface area contributed by atoms with Gasteiger partial charge in [-0.3, -0.25) is 0 Å². The lowest BCUT2D eigenvalue weighted by Crippen LogP contribution is -2.06. The van der Waals surface area contributed by atoms with Crippen molar-refractivity contribution in [1.29, 1.82) is 0 Å². The van der Waals surface area contributed by atoms with Crippen LogP contribution in [0, 0.1) is 0 Å². The van der Waals surface area contributed by atoms with E-state index in [0.29, 0.717) is 10.8 Å². The maximum atomic E-state index is 6.26. The van der Waals surface area contributed by atoms with Crippen LogP contribution in [0.2, 0.25) is 5.02 Å². The zero-order valence-electron chi connectivity index (χ0n) is 12.4. The third-order valence-electron chi connectivity index (χ3n) is 3.39. The molecular formula is C17H19ClO3. The van der Waals surface area contributed by atoms with Gasteiger partial charge < -0.3 is 14.2 Å². The predicted octanol–water partition coefficient (Wildman–Crippen LogP) is 4.48. The summed E-state index contributed by atoms with van der Waals surface area (Å²) in [6.45, 7) is 2.26. The van der Waals surface area contributed by atoms with Crippen LogP contribution in [0.25, 0.3) is 0 Å². The van der Waals surface area contributed by atoms with E-state index in [0.717, 1.165) is 16.9 Å². The Labute approximate surface area is 130 Å². The maximum absolute atomic E-state index is 6.26. The molecule has 2 aromatic carbocycles. The van der Waals surface area contributed by atoms with Crippen molar-refractivity contribution >= 4 is 11.6 Å². The van der Waals surface area contributed by atoms with Gasteiger partial charge in [-0.2, -0.15) is 0 Å². The van der Waals surface area contributed by atoms with Crippen LogP contribution in [-0.4, -0.2) is 21.0 Å². The Morgan fingerprint density at radius 2 is 1.71 bits per heavy atom. The van der Waals surface area contributed by atoms with Crippen LogP contribution in [0.1, 0.15) is 24.0 Å². The van der Waals surface area contributed by atoms with E-state index in [-0.39, 0.29) is 12.7 Å². The molecule has 0 radical (unpaired) electrons. The van der Waals surface area contributed by atoms with Crippen molar-refractivity contribution in [1.82, 2.24) is 0 Å². The highest BCUT2D eigenvalue weighted by Gasteiger charge is 2.19. The van der Waals surface area contributed by atoms with Crippen molar-refractivity contribution in [3.63, 3.8) is 0 Å². The molecule has 0 spiro atoms. The first-order valence-electron chi connectivity index (χ1n) is 6.72. The number of ether oxygens (including phenoxy) is 3. The van der Waals surface area contributed by atoms with E-state index in [1.165, 1.54) is 0 Å². The number of para-hydroxylation sites is 2. The van der Waals surface area contributed by atoms with Gasteiger partial charge in [-0.05, 0) is 12.1 Å². The van der Waals surface area contributed by atoms with Crippen LogP contribution in [-0.2, 0) is 4.74 Å². The number of hydrogen-bond acceptors (Lipinski definition) is 3. The second-order valence-corrected chi connectivity index (χ2v) is 5.08. The average Bonchev–Trinajstić information content (AvgIpc) is 2.52. The van der Waals surface area contributed by atoms with Gasteiger partial charge in [0.2, 0.25) is 0 Å². The van der Waals surface area contributed by atoms with Gasteiger partial charge in [-0.15, -0.1) is 0 Å². The third kappa shape index (κ3) is 3.49. The minimum Gasteiger partial charge on any atom is -0.496 e. The minimum atomic E-state index is 0.0895. The molecule has 2 aromatic rings. The van der Waals surface area contributed by atoms with E-state index in [1.807, 2.05) is 42.5 Å². The van der Waals surface area contributed by atoms with Gasteiger partial charge >= 0.3 is 0 Å². The lowest BCUT2D eigenvalue weighted by Gasteiger charge is -2.20. The van der Waals surface area contributed by atoms with Crippen LogP contribution in [0.3, 0.4) is 0 Å². The Kier molecular flexibility index (Phi) is 5.48. The zero-order chi connectivity index (χ0) is 15.2. The normalized spacial score (nSPS) is 12.0. The summed E-state index contributed by atoms with van der Waals surface area (Å²) in [5.74, 6) is 1.59. The molecule has 0 saturated heterocycles. The molecular weight excluding hydrogens is 288 g/mol. The molecule has 21 heavy (non-hydrogen) atoms. The van der Waals surface area contributed by atoms with Gasteiger partial charge in [-0.25, -0.2) is 0 Å². The second kappa shape index (κ2) is 7.34. The first-order chi connectivity index (χ1) is 10.2. The fourth-order valence-electron chi connectivity index (χ4n) is 2.33. The van der Waals surface area contributed by atoms with Crippen molar-refractivity contribution in [3.8, 4) is 11.5 Å². The first-order valence-corrected chi connectivity index (χ1v) is 7.10. The number of halogens is 1. The second-order valence-electron chi connectivity index (χ2n) is 4.67. The molecule has 1 atom stereocenters. The standard InChI is InChI=1S/C17H19ClO3/c1-12(13-7-4-5-10-16(13)20-3)14-8-6-9-15(18)17(14)21-11-19-2/h4-10,12H,11H2,1-3H3. The topological polar surface area (TPSA) is 27.7 Å². The van der Waals surface area contributed by atoms with Crippen molar-refractivity contribution < 1.29 is 14.2 Å². The number of benzene rings is 2. The smallest absolute Gasteiger partial charge is 0.188 e. The monoisotopic (exact) mass is 306 g/mol. The highest BCUT2D eigenvalue weighted by molar-refractivity contribution is 6.32. The SMILES string of the molecule is COCOc1c(Cl)cccc1C(C)c1ccccc1OC. The van der Waals surface area contributed by atoms with Crippen LogP contribution >= 0.6 is 11.6 Å². The summed E-state index contributed by atoms with van der Waals surface area (Å²) >= 11 is 6.26. The molecule has 4 heteroatoms. The number of methoxy groups -OCH3 is 2. The Morgan fingerprint density at radius 1 is 1.00 bits per heavy atom. The van der Waals surface area contributed by atoms with Crippen LogP contribution in [0.4, 0.5) is 0 Å². The van der Waals surface area contributed by atoms with Gasteiger partial charge in [0.1, 0.15) is 11.5 Å². The molecule has 0 N–H and O–H groups in total. The number of rotatable bonds is 6. The largest absolute Gasteiger partial charge is 0.496 e. The quantitative estimate of drug-likeness (QED) is 0.736. The molecule has 0 amide bonds. The van der Waals surface area contributed by atoms with Crippen molar-refractivity contribution in [2.24, 2.45) is 0 Å². The fraction of sp³-hybridized carbons (Fsp3) is 0.294. The summed E-state index contributed by atoms with van der Waals surface area (Å²) in [4.78, 5) is 0. The van der Waals surface area contributed by atoms with E-state index < -0.39 is 0 Å². The van der Waals surface area contributed by atoms with Gasteiger partial charge in [0, 0.05) is 24.2 Å². The molecule has 0 aliphatic heterocycles. The predicted molar refractivity (Wildman–Crippen MR) is 84.5 cm³/mol. The molecule has 0 saturated carbocycles. The van der Waals surface area contributed by atoms with Crippen molar-refractivity contribution in [3.05, 3.63) is 58.6 Å². The summed E-state index contributed by atoms with van der Waals surface area (Å²) < 4.78 is 16.1. The molecule has 112 valence electrons. The van der Waals surface area contributed by atoms with E-state index in [9.17, 15) is 0 Å². The van der Waals surface area contributed by atoms with Gasteiger partial charge in [0.25, 0.3) is 0 Å². The Morgan fingerprint density at radius 3 is 2.43 bits per heavy atom. The van der Waals surface area contributed by atoms with Crippen LogP contribution < -0.4 is 9.47 Å². The van der Waals surface area contributed by atoms with E-state index in [4.69, 9.17) is 25.8 Å². The molecule has 1 unspecified atom stereocenters. The number of hydrogen-bond donors (Lipinski definition) is 0. The molecule has 3 nitrogen and oxygen atoms in total. The molecule has 0 fully saturated rings. The van der Waals surface area contributed by atoms with E-state index in [2.05, 4.69) is 6.92 Å². The maximum Gasteiger partial charge on any atom is 0.188 e. The summed E-state index contributed by atoms with van der Waals surface area (Å²) in [7, 11) is 3.26. The zero-order valence-corrected chi connectivity index (χ0v) is 13.2. The molecule has 2 rings (SSSR count). The summed E-state index contributed by atoms with van der Waals surface area (Å²) in [6, 6.07) is 13.7. The average molecular weight is 307 g/mol. The third-order valence-corrected chi connectivity index (χ3v) is 3.69. The van der Waals surface area contributed by atoms with Crippen LogP contribution in [0.15, 0.2) is 42.5 Å². The Balaban J connectivity index is 2.43. The Hall–Kier alpha value is -1.71. The first kappa shape index (κ1) is 15.7. The lowest BCUT2D eigenvalue weighted by atomic mass is 9.91. The molecule has 0 bridgehead atoms. The van der Waals surface area contributed by atoms with Gasteiger partial charge in [-0.1, -0.05) is 48.9 Å². The molecule has 0 aliphatic carbocycles. The molecule has 0 heterocycles. The van der Waals surface area contributed by atoms with E-state index in [1.54, 1.807) is 14.2 Å². The summed E-state index contributed by atoms with van der Waals surface area (Å²) in [6.07, 6.45) is 0. The molecule has 0 aromatic heterocycles. The molecule has 0 aliphatic rings. The highest BCUT2D eigenvalue weighted by atomic mass is 35.5. The van der Waals surface area contributed by atoms with E-state index >= 15 is 0 Å². The summed E-state index contributed by atoms with van der Waals surface area (Å²) in [5, 5.41) is 0.575. The van der Waals surface area contributed by atoms with Crippen molar-refractivity contribution in [2.45, 2.75) is 12.8 Å². The van der Waals surface area contributed by atoms with Gasteiger partial charge in [0.05, 0.1) is 12.1 Å². The lowest BCUT2D eigenvalue weighted by molar-refractivity contribution is 0.0504. The van der Waals surface area contributed by atoms with Crippen molar-refractivity contribution in [2.75, 3.05) is 21.0 Å². The van der Waals surface area contributed by atoms with Crippen LogP contribution in [0.5, 0.6) is 11.5 Å². The minimum absolute atomic E-state index is 0.0895. The van der Waals surface area contributed by atoms with Gasteiger partial charge in [0.15, 0.2) is 6.79 Å².